The smallest absolute Gasteiger partial charge is 0.152 e. The summed E-state index contributed by atoms with van der Waals surface area (Å²) in [5.74, 6) is -0.508. The number of nitrogens with two attached hydrogens (primary N) is 1. The van der Waals surface area contributed by atoms with E-state index in [1.807, 2.05) is 0 Å². The maximum Gasteiger partial charge on any atom is 0.152 e. The lowest BCUT2D eigenvalue weighted by Crippen LogP contribution is -2.36. The van der Waals surface area contributed by atoms with Crippen LogP contribution in [0.2, 0.25) is 0 Å². The van der Waals surface area contributed by atoms with Crippen molar-refractivity contribution in [3.05, 3.63) is 0 Å². The molecule has 1 fully saturated rings. The van der Waals surface area contributed by atoms with Crippen molar-refractivity contribution in [1.29, 1.82) is 0 Å². The van der Waals surface area contributed by atoms with E-state index >= 15 is 0 Å². The number of carbonyl (C=O) groups is 1. The van der Waals surface area contributed by atoms with Gasteiger partial charge in [-0.3, -0.25) is 0 Å². The minimum absolute atomic E-state index is 0.153. The van der Waals surface area contributed by atoms with E-state index in [-0.39, 0.29) is 17.9 Å². The number of rotatable bonds is 5. The summed E-state index contributed by atoms with van der Waals surface area (Å²) in [5, 5.41) is 9.85. The van der Waals surface area contributed by atoms with Crippen LogP contribution in [0.1, 0.15) is 52.4 Å². The molecule has 1 aliphatic heterocycles. The number of hydrogen-bond acceptors (Lipinski definition) is 5. The Balaban J connectivity index is 0.000000321. The van der Waals surface area contributed by atoms with Gasteiger partial charge in [0.2, 0.25) is 0 Å². The van der Waals surface area contributed by atoms with Crippen molar-refractivity contribution < 1.29 is 18.3 Å². The minimum atomic E-state index is -2.78. The Morgan fingerprint density at radius 2 is 1.94 bits per heavy atom. The van der Waals surface area contributed by atoms with Crippen LogP contribution in [0.25, 0.3) is 0 Å². The van der Waals surface area contributed by atoms with Crippen LogP contribution in [0.4, 0.5) is 0 Å². The largest absolute Gasteiger partial charge is 0.550 e. The van der Waals surface area contributed by atoms with Gasteiger partial charge in [-0.2, -0.15) is 0 Å². The summed E-state index contributed by atoms with van der Waals surface area (Å²) in [6.45, 7) is 3.87. The highest BCUT2D eigenvalue weighted by Crippen LogP contribution is 2.19. The first-order valence-electron chi connectivity index (χ1n) is 6.38. The van der Waals surface area contributed by atoms with Gasteiger partial charge >= 0.3 is 0 Å². The second kappa shape index (κ2) is 7.74. The van der Waals surface area contributed by atoms with Gasteiger partial charge in [0, 0.05) is 11.5 Å². The van der Waals surface area contributed by atoms with E-state index in [2.05, 4.69) is 6.92 Å². The van der Waals surface area contributed by atoms with Crippen molar-refractivity contribution in [2.24, 2.45) is 5.73 Å². The molecule has 1 atom stereocenters. The first kappa shape index (κ1) is 17.4. The van der Waals surface area contributed by atoms with E-state index in [0.29, 0.717) is 6.42 Å². The summed E-state index contributed by atoms with van der Waals surface area (Å²) < 4.78 is 21.5. The topological polar surface area (TPSA) is 100 Å². The van der Waals surface area contributed by atoms with E-state index < -0.39 is 21.3 Å². The second-order valence-corrected chi connectivity index (χ2v) is 7.36. The molecule has 0 amide bonds. The van der Waals surface area contributed by atoms with Crippen LogP contribution >= 0.6 is 0 Å². The first-order chi connectivity index (χ1) is 8.18. The van der Waals surface area contributed by atoms with Crippen LogP contribution in [-0.4, -0.2) is 31.4 Å². The summed E-state index contributed by atoms with van der Waals surface area (Å²) in [4.78, 5) is 9.85. The zero-order valence-electron chi connectivity index (χ0n) is 11.3. The quantitative estimate of drug-likeness (QED) is 0.725. The Kier molecular flexibility index (Phi) is 7.47. The zero-order valence-corrected chi connectivity index (χ0v) is 12.1. The summed E-state index contributed by atoms with van der Waals surface area (Å²) >= 11 is 0. The molecule has 1 heterocycles. The molecule has 6 heteroatoms. The van der Waals surface area contributed by atoms with Crippen LogP contribution in [0.5, 0.6) is 0 Å². The molecule has 0 radical (unpaired) electrons. The molecule has 0 aromatic heterocycles. The molecule has 1 rings (SSSR count). The van der Waals surface area contributed by atoms with Crippen molar-refractivity contribution >= 4 is 15.8 Å². The molecular formula is C12H24NO4S-. The first-order valence-corrected chi connectivity index (χ1v) is 8.20. The van der Waals surface area contributed by atoms with Crippen LogP contribution in [0, 0.1) is 0 Å². The Labute approximate surface area is 110 Å². The number of carboxylic acids is 1. The predicted octanol–water partition coefficient (Wildman–Crippen LogP) is 0.229. The molecule has 18 heavy (non-hydrogen) atoms. The molecule has 1 aliphatic rings. The van der Waals surface area contributed by atoms with Crippen LogP contribution in [0.15, 0.2) is 0 Å². The number of hydrogen-bond donors (Lipinski definition) is 1. The fraction of sp³-hybridized carbons (Fsp3) is 0.917. The molecule has 0 bridgehead atoms. The van der Waals surface area contributed by atoms with Crippen LogP contribution in [-0.2, 0) is 14.6 Å². The average molecular weight is 278 g/mol. The fourth-order valence-electron chi connectivity index (χ4n) is 1.73. The van der Waals surface area contributed by atoms with E-state index in [4.69, 9.17) is 5.73 Å². The third-order valence-electron chi connectivity index (χ3n) is 2.77. The molecule has 0 spiro atoms. The van der Waals surface area contributed by atoms with E-state index in [1.165, 1.54) is 0 Å². The van der Waals surface area contributed by atoms with Gasteiger partial charge in [-0.25, -0.2) is 8.42 Å². The molecule has 1 saturated heterocycles. The number of carboxylic acid groups (broad SMARTS) is 1. The van der Waals surface area contributed by atoms with Crippen LogP contribution < -0.4 is 10.8 Å². The molecule has 2 N–H and O–H groups in total. The Morgan fingerprint density at radius 3 is 2.22 bits per heavy atom. The number of aliphatic carboxylic acids is 1. The predicted molar refractivity (Wildman–Crippen MR) is 69.6 cm³/mol. The lowest BCUT2D eigenvalue weighted by atomic mass is 10.1. The molecule has 0 aromatic rings. The van der Waals surface area contributed by atoms with Gasteiger partial charge < -0.3 is 15.6 Å². The van der Waals surface area contributed by atoms with Crippen molar-refractivity contribution in [2.45, 2.75) is 57.9 Å². The summed E-state index contributed by atoms with van der Waals surface area (Å²) in [6, 6.07) is 0. The summed E-state index contributed by atoms with van der Waals surface area (Å²) in [5.41, 5.74) is 5.11. The van der Waals surface area contributed by atoms with E-state index in [0.717, 1.165) is 25.7 Å². The van der Waals surface area contributed by atoms with Gasteiger partial charge in [0.05, 0.1) is 11.5 Å². The van der Waals surface area contributed by atoms with Gasteiger partial charge in [0.15, 0.2) is 9.84 Å². The van der Waals surface area contributed by atoms with Crippen molar-refractivity contribution in [3.8, 4) is 0 Å². The fourth-order valence-corrected chi connectivity index (χ4v) is 3.80. The van der Waals surface area contributed by atoms with Gasteiger partial charge in [0.25, 0.3) is 0 Å². The highest BCUT2D eigenvalue weighted by atomic mass is 32.2. The Bertz CT molecular complexity index is 349. The summed E-state index contributed by atoms with van der Waals surface area (Å²) in [7, 11) is -2.78. The minimum Gasteiger partial charge on any atom is -0.550 e. The molecule has 108 valence electrons. The maximum atomic E-state index is 10.8. The number of carbonyl (C=O) groups excluding carboxylic acids is 1. The van der Waals surface area contributed by atoms with Gasteiger partial charge in [-0.15, -0.1) is 0 Å². The number of unbranched alkanes of at least 4 members (excludes halogenated alkanes) is 3. The Morgan fingerprint density at radius 1 is 1.33 bits per heavy atom. The molecule has 5 nitrogen and oxygen atoms in total. The molecule has 0 aromatic carbocycles. The second-order valence-electron chi connectivity index (χ2n) is 5.18. The molecule has 1 unspecified atom stereocenters. The third-order valence-corrected chi connectivity index (χ3v) is 4.69. The number of sulfone groups is 1. The monoisotopic (exact) mass is 278 g/mol. The maximum absolute atomic E-state index is 10.8. The highest BCUT2D eigenvalue weighted by Gasteiger charge is 2.34. The van der Waals surface area contributed by atoms with Crippen molar-refractivity contribution in [3.63, 3.8) is 0 Å². The highest BCUT2D eigenvalue weighted by molar-refractivity contribution is 7.91. The Hall–Kier alpha value is -0.620. The van der Waals surface area contributed by atoms with Crippen molar-refractivity contribution in [2.75, 3.05) is 11.5 Å². The van der Waals surface area contributed by atoms with E-state index in [9.17, 15) is 18.3 Å². The molecular weight excluding hydrogens is 254 g/mol. The average Bonchev–Trinajstić information content (AvgIpc) is 2.47. The van der Waals surface area contributed by atoms with Gasteiger partial charge in [-0.1, -0.05) is 26.2 Å². The van der Waals surface area contributed by atoms with Gasteiger partial charge in [0.1, 0.15) is 0 Å². The summed E-state index contributed by atoms with van der Waals surface area (Å²) in [6.07, 6.45) is 4.90. The molecule has 0 saturated carbocycles. The van der Waals surface area contributed by atoms with E-state index in [1.54, 1.807) is 6.92 Å². The van der Waals surface area contributed by atoms with Crippen molar-refractivity contribution in [1.82, 2.24) is 0 Å². The van der Waals surface area contributed by atoms with Gasteiger partial charge in [-0.05, 0) is 26.2 Å². The lowest BCUT2D eigenvalue weighted by Gasteiger charge is -2.12. The zero-order chi connectivity index (χ0) is 14.2. The SMILES string of the molecule is CC1(N)CCS(=O)(=O)C1.CCCCCCC(=O)[O-]. The standard InChI is InChI=1S/C7H14O2.C5H11NO2S/c1-2-3-4-5-6-7(8)9;1-5(6)2-3-9(7,8)4-5/h2-6H2,1H3,(H,8,9);2-4,6H2,1H3/p-1. The molecule has 0 aliphatic carbocycles. The van der Waals surface area contributed by atoms with Crippen LogP contribution in [0.3, 0.4) is 0 Å². The lowest BCUT2D eigenvalue weighted by molar-refractivity contribution is -0.305. The third kappa shape index (κ3) is 9.41. The normalized spacial score (nSPS) is 25.3.